The van der Waals surface area contributed by atoms with Crippen LogP contribution in [0.1, 0.15) is 46.3 Å². The number of rotatable bonds is 6. The van der Waals surface area contributed by atoms with Crippen LogP contribution < -0.4 is 5.46 Å². The third-order valence-corrected chi connectivity index (χ3v) is 4.47. The van der Waals surface area contributed by atoms with E-state index in [-0.39, 0.29) is 0 Å². The minimum atomic E-state index is -3.23. The molecular weight excluding hydrogens is 374 g/mol. The molecule has 9 heteroatoms. The van der Waals surface area contributed by atoms with Crippen molar-refractivity contribution in [1.82, 2.24) is 4.90 Å². The molecule has 0 spiro atoms. The van der Waals surface area contributed by atoms with Gasteiger partial charge in [0.25, 0.3) is 5.91 Å². The third kappa shape index (κ3) is 4.88. The van der Waals surface area contributed by atoms with E-state index in [1.807, 2.05) is 20.8 Å². The molecule has 0 unspecified atom stereocenters. The van der Waals surface area contributed by atoms with Crippen LogP contribution in [0.5, 0.6) is 0 Å². The number of carbonyl (C=O) groups is 1. The van der Waals surface area contributed by atoms with E-state index in [2.05, 4.69) is 0 Å². The van der Waals surface area contributed by atoms with Gasteiger partial charge in [0.05, 0.1) is 6.04 Å². The Bertz CT molecular complexity index is 679. The van der Waals surface area contributed by atoms with E-state index in [0.717, 1.165) is 10.4 Å². The number of hydrogen-bond acceptors (Lipinski definition) is 4. The maximum atomic E-state index is 13.7. The lowest BCUT2D eigenvalue weighted by Gasteiger charge is -2.32. The molecule has 1 fully saturated rings. The molecule has 1 aromatic carbocycles. The van der Waals surface area contributed by atoms with Crippen molar-refractivity contribution < 1.29 is 32.0 Å². The second-order valence-electron chi connectivity index (χ2n) is 8.18. The number of benzene rings is 1. The molecule has 0 saturated carbocycles. The number of halogens is 3. The van der Waals surface area contributed by atoms with Crippen LogP contribution in [0.3, 0.4) is 0 Å². The molecule has 1 aliphatic heterocycles. The molecule has 156 valence electrons. The van der Waals surface area contributed by atoms with Gasteiger partial charge in [-0.1, -0.05) is 24.3 Å². The molecule has 2 atom stereocenters. The fourth-order valence-corrected chi connectivity index (χ4v) is 3.37. The van der Waals surface area contributed by atoms with Crippen LogP contribution in [0.15, 0.2) is 24.3 Å². The highest BCUT2D eigenvalue weighted by molar-refractivity contribution is 6.61. The van der Waals surface area contributed by atoms with Crippen molar-refractivity contribution in [2.24, 2.45) is 0 Å². The number of nitrogens with zero attached hydrogens (tertiary/aromatic N) is 1. The van der Waals surface area contributed by atoms with Crippen LogP contribution >= 0.6 is 0 Å². The van der Waals surface area contributed by atoms with E-state index in [0.29, 0.717) is 5.56 Å². The Morgan fingerprint density at radius 1 is 1.29 bits per heavy atom. The first kappa shape index (κ1) is 22.7. The predicted molar refractivity (Wildman–Crippen MR) is 100 cm³/mol. The Balaban J connectivity index is 2.28. The Hall–Kier alpha value is -1.58. The summed E-state index contributed by atoms with van der Waals surface area (Å²) in [6.45, 7) is 7.67. The largest absolute Gasteiger partial charge is 0.494 e. The lowest BCUT2D eigenvalue weighted by atomic mass is 9.77. The van der Waals surface area contributed by atoms with Gasteiger partial charge in [0.2, 0.25) is 0 Å². The maximum Gasteiger partial charge on any atom is 0.494 e. The first-order valence-electron chi connectivity index (χ1n) is 9.07. The summed E-state index contributed by atoms with van der Waals surface area (Å²) in [5, 5.41) is 0. The normalized spacial score (nSPS) is 22.0. The van der Waals surface area contributed by atoms with Crippen molar-refractivity contribution in [1.29, 1.82) is 0 Å². The second-order valence-corrected chi connectivity index (χ2v) is 8.18. The summed E-state index contributed by atoms with van der Waals surface area (Å²) in [6.07, 6.45) is -4.09. The first-order valence-corrected chi connectivity index (χ1v) is 9.07. The summed E-state index contributed by atoms with van der Waals surface area (Å²) >= 11 is 0. The molecule has 1 amide bonds. The van der Waals surface area contributed by atoms with E-state index in [1.165, 1.54) is 21.0 Å². The zero-order chi connectivity index (χ0) is 21.3. The fourth-order valence-electron chi connectivity index (χ4n) is 3.37. The number of hydrogen-bond donors (Lipinski definition) is 0. The smallest absolute Gasteiger partial charge is 0.410 e. The predicted octanol–water partition coefficient (Wildman–Crippen LogP) is 3.08. The Kier molecular flexibility index (Phi) is 6.84. The fraction of sp³-hybridized carbons (Fsp3) is 0.632. The highest BCUT2D eigenvalue weighted by Crippen LogP contribution is 2.41. The van der Waals surface area contributed by atoms with Gasteiger partial charge in [0.15, 0.2) is 0 Å². The molecule has 0 N–H and O–H groups in total. The van der Waals surface area contributed by atoms with Gasteiger partial charge >= 0.3 is 13.5 Å². The van der Waals surface area contributed by atoms with Crippen molar-refractivity contribution in [2.45, 2.75) is 64.5 Å². The van der Waals surface area contributed by atoms with Gasteiger partial charge in [-0.2, -0.15) is 8.78 Å². The van der Waals surface area contributed by atoms with Crippen LogP contribution in [-0.4, -0.2) is 55.5 Å². The lowest BCUT2D eigenvalue weighted by molar-refractivity contribution is -0.159. The van der Waals surface area contributed by atoms with Gasteiger partial charge < -0.3 is 18.9 Å². The summed E-state index contributed by atoms with van der Waals surface area (Å²) in [5.74, 6) is -1.44. The zero-order valence-electron chi connectivity index (χ0n) is 17.0. The van der Waals surface area contributed by atoms with Crippen LogP contribution in [0.25, 0.3) is 0 Å². The molecule has 28 heavy (non-hydrogen) atoms. The molecule has 1 heterocycles. The van der Waals surface area contributed by atoms with E-state index >= 15 is 0 Å². The Labute approximate surface area is 164 Å². The minimum Gasteiger partial charge on any atom is -0.410 e. The van der Waals surface area contributed by atoms with E-state index < -0.39 is 49.6 Å². The molecule has 1 saturated heterocycles. The Morgan fingerprint density at radius 3 is 2.29 bits per heavy atom. The van der Waals surface area contributed by atoms with Crippen molar-refractivity contribution in [3.8, 4) is 0 Å². The number of alkyl halides is 3. The lowest BCUT2D eigenvalue weighted by Crippen LogP contribution is -2.51. The molecule has 0 aromatic heterocycles. The van der Waals surface area contributed by atoms with Crippen LogP contribution in [0.2, 0.25) is 0 Å². The summed E-state index contributed by atoms with van der Waals surface area (Å²) in [7, 11) is 0.934. The van der Waals surface area contributed by atoms with Crippen molar-refractivity contribution in [3.05, 3.63) is 29.8 Å². The molecule has 2 rings (SSSR count). The van der Waals surface area contributed by atoms with Crippen LogP contribution in [-0.2, 0) is 18.8 Å². The number of amides is 1. The first-order chi connectivity index (χ1) is 12.9. The van der Waals surface area contributed by atoms with Gasteiger partial charge in [0.1, 0.15) is 18.5 Å². The van der Waals surface area contributed by atoms with Crippen molar-refractivity contribution in [2.75, 3.05) is 13.8 Å². The Morgan fingerprint density at radius 2 is 1.86 bits per heavy atom. The minimum absolute atomic E-state index is 0.423. The maximum absolute atomic E-state index is 13.7. The van der Waals surface area contributed by atoms with Crippen LogP contribution in [0.4, 0.5) is 13.2 Å². The highest BCUT2D eigenvalue weighted by atomic mass is 19.3. The molecular formula is C19H27BF3NO4. The van der Waals surface area contributed by atoms with Gasteiger partial charge in [-0.15, -0.1) is 0 Å². The van der Waals surface area contributed by atoms with Crippen LogP contribution in [0, 0.1) is 0 Å². The standard InChI is InChI=1S/C19H27BF3NO4/c1-18(2,3)28-20(26-6)13-9-7-12(8-10-13)15-14(11-21)24(17(25)16(22)23)19(4,5)27-15/h7-10,14-16H,11H2,1-6H3/t14-,15-/m1/s1. The summed E-state index contributed by atoms with van der Waals surface area (Å²) in [4.78, 5) is 12.7. The summed E-state index contributed by atoms with van der Waals surface area (Å²) < 4.78 is 56.7. The topological polar surface area (TPSA) is 48.0 Å². The van der Waals surface area contributed by atoms with Gasteiger partial charge in [0, 0.05) is 12.7 Å². The average Bonchev–Trinajstić information content (AvgIpc) is 2.88. The molecule has 0 radical (unpaired) electrons. The van der Waals surface area contributed by atoms with E-state index in [9.17, 15) is 18.0 Å². The van der Waals surface area contributed by atoms with Crippen molar-refractivity contribution >= 4 is 18.5 Å². The average molecular weight is 401 g/mol. The zero-order valence-corrected chi connectivity index (χ0v) is 17.0. The summed E-state index contributed by atoms with van der Waals surface area (Å²) in [5.41, 5.74) is -0.448. The molecule has 0 bridgehead atoms. The van der Waals surface area contributed by atoms with Gasteiger partial charge in [-0.05, 0) is 45.6 Å². The molecule has 5 nitrogen and oxygen atoms in total. The third-order valence-electron chi connectivity index (χ3n) is 4.47. The van der Waals surface area contributed by atoms with E-state index in [1.54, 1.807) is 24.3 Å². The van der Waals surface area contributed by atoms with Gasteiger partial charge in [-0.3, -0.25) is 4.79 Å². The number of ether oxygens (including phenoxy) is 1. The molecule has 0 aliphatic carbocycles. The second kappa shape index (κ2) is 8.43. The monoisotopic (exact) mass is 401 g/mol. The van der Waals surface area contributed by atoms with Gasteiger partial charge in [-0.25, -0.2) is 4.39 Å². The SMILES string of the molecule is COB(OC(C)(C)C)c1ccc([C@H]2OC(C)(C)N(C(=O)C(F)F)[C@@H]2CF)cc1. The number of carbonyl (C=O) groups excluding carboxylic acids is 1. The van der Waals surface area contributed by atoms with E-state index in [4.69, 9.17) is 14.0 Å². The molecule has 1 aliphatic rings. The quantitative estimate of drug-likeness (QED) is 0.688. The van der Waals surface area contributed by atoms with Crippen molar-refractivity contribution in [3.63, 3.8) is 0 Å². The summed E-state index contributed by atoms with van der Waals surface area (Å²) in [6, 6.07) is 5.77. The highest BCUT2D eigenvalue weighted by Gasteiger charge is 2.52. The molecule has 1 aromatic rings.